The molecule has 8 heteroatoms. The van der Waals surface area contributed by atoms with E-state index in [2.05, 4.69) is 9.72 Å². The summed E-state index contributed by atoms with van der Waals surface area (Å²) in [5, 5.41) is 1.28. The van der Waals surface area contributed by atoms with Crippen LogP contribution in [0.1, 0.15) is 15.9 Å². The molecule has 1 aromatic heterocycles. The number of nitrogens with zero attached hydrogens (tertiary/aromatic N) is 2. The molecule has 1 aliphatic heterocycles. The number of ether oxygens (including phenoxy) is 1. The Morgan fingerprint density at radius 3 is 2.69 bits per heavy atom. The number of aromatic nitrogens is 1. The Kier molecular flexibility index (Phi) is 3.77. The van der Waals surface area contributed by atoms with E-state index in [0.29, 0.717) is 27.5 Å². The minimum absolute atomic E-state index is 0.103. The number of carbonyl (C=O) groups excluding carboxylic acids is 1. The molecule has 0 bridgehead atoms. The van der Waals surface area contributed by atoms with Gasteiger partial charge in [0, 0.05) is 10.9 Å². The monoisotopic (exact) mass is 378 g/mol. The lowest BCUT2D eigenvalue weighted by Gasteiger charge is -2.15. The van der Waals surface area contributed by atoms with Gasteiger partial charge in [-0.05, 0) is 42.0 Å². The zero-order chi connectivity index (χ0) is 18.5. The van der Waals surface area contributed by atoms with E-state index in [9.17, 15) is 18.0 Å². The molecule has 3 aromatic rings. The Morgan fingerprint density at radius 2 is 1.92 bits per heavy atom. The van der Waals surface area contributed by atoms with Crippen LogP contribution in [-0.2, 0) is 6.54 Å². The summed E-state index contributed by atoms with van der Waals surface area (Å²) < 4.78 is 41.0. The summed E-state index contributed by atoms with van der Waals surface area (Å²) in [6.45, 7) is 0.103. The van der Waals surface area contributed by atoms with Gasteiger partial charge in [0.1, 0.15) is 11.6 Å². The summed E-state index contributed by atoms with van der Waals surface area (Å²) in [5.74, 6) is -0.317. The molecule has 0 N–H and O–H groups in total. The van der Waals surface area contributed by atoms with Gasteiger partial charge in [0.05, 0.1) is 17.1 Å². The summed E-state index contributed by atoms with van der Waals surface area (Å²) in [6, 6.07) is 12.5. The Bertz CT molecular complexity index is 1040. The largest absolute Gasteiger partial charge is 0.573 e. The molecule has 1 aliphatic rings. The molecule has 2 aromatic carbocycles. The van der Waals surface area contributed by atoms with Crippen molar-refractivity contribution in [2.24, 2.45) is 0 Å². The standard InChI is InChI=1S/C18H10ClF3N2O2/c19-14-3-1-2-10-4-7-15(23-16(10)14)24-9-11-8-12(26-18(20,21)22)5-6-13(11)17(24)25/h1-8H,9H2. The molecular weight excluding hydrogens is 369 g/mol. The minimum Gasteiger partial charge on any atom is -0.406 e. The Morgan fingerprint density at radius 1 is 1.12 bits per heavy atom. The van der Waals surface area contributed by atoms with Crippen LogP contribution in [-0.4, -0.2) is 17.3 Å². The van der Waals surface area contributed by atoms with Crippen LogP contribution in [0.25, 0.3) is 10.9 Å². The van der Waals surface area contributed by atoms with Crippen LogP contribution in [0.4, 0.5) is 19.0 Å². The predicted molar refractivity (Wildman–Crippen MR) is 90.4 cm³/mol. The first kappa shape index (κ1) is 16.7. The highest BCUT2D eigenvalue weighted by atomic mass is 35.5. The lowest BCUT2D eigenvalue weighted by molar-refractivity contribution is -0.274. The molecule has 132 valence electrons. The minimum atomic E-state index is -4.78. The van der Waals surface area contributed by atoms with Crippen molar-refractivity contribution >= 4 is 34.2 Å². The number of alkyl halides is 3. The number of rotatable bonds is 2. The van der Waals surface area contributed by atoms with Crippen LogP contribution in [0, 0.1) is 0 Å². The first-order valence-electron chi connectivity index (χ1n) is 7.58. The smallest absolute Gasteiger partial charge is 0.406 e. The van der Waals surface area contributed by atoms with Crippen molar-refractivity contribution < 1.29 is 22.7 Å². The maximum absolute atomic E-state index is 12.6. The maximum atomic E-state index is 12.6. The third-order valence-corrected chi connectivity index (χ3v) is 4.35. The zero-order valence-corrected chi connectivity index (χ0v) is 13.8. The number of anilines is 1. The Labute approximate surface area is 150 Å². The first-order chi connectivity index (χ1) is 12.3. The average Bonchev–Trinajstić information content (AvgIpc) is 2.90. The van der Waals surface area contributed by atoms with Gasteiger partial charge in [0.15, 0.2) is 0 Å². The fourth-order valence-corrected chi connectivity index (χ4v) is 3.15. The number of fused-ring (bicyclic) bond motifs is 2. The summed E-state index contributed by atoms with van der Waals surface area (Å²) in [5.41, 5.74) is 1.31. The highest BCUT2D eigenvalue weighted by molar-refractivity contribution is 6.35. The first-order valence-corrected chi connectivity index (χ1v) is 7.95. The molecule has 0 saturated heterocycles. The number of benzene rings is 2. The fraction of sp³-hybridized carbons (Fsp3) is 0.111. The van der Waals surface area contributed by atoms with Crippen LogP contribution in [0.5, 0.6) is 5.75 Å². The summed E-state index contributed by atoms with van der Waals surface area (Å²) >= 11 is 6.15. The molecule has 2 heterocycles. The van der Waals surface area contributed by atoms with Gasteiger partial charge in [-0.1, -0.05) is 23.7 Å². The molecule has 0 saturated carbocycles. The number of para-hydroxylation sites is 1. The van der Waals surface area contributed by atoms with E-state index < -0.39 is 6.36 Å². The average molecular weight is 379 g/mol. The molecular formula is C18H10ClF3N2O2. The molecule has 0 radical (unpaired) electrons. The van der Waals surface area contributed by atoms with Crippen LogP contribution in [0.2, 0.25) is 5.02 Å². The second-order valence-corrected chi connectivity index (χ2v) is 6.15. The van der Waals surface area contributed by atoms with Gasteiger partial charge in [-0.15, -0.1) is 13.2 Å². The second-order valence-electron chi connectivity index (χ2n) is 5.74. The van der Waals surface area contributed by atoms with E-state index in [0.717, 1.165) is 11.5 Å². The molecule has 0 fully saturated rings. The number of amides is 1. The van der Waals surface area contributed by atoms with Crippen LogP contribution in [0.3, 0.4) is 0 Å². The summed E-state index contributed by atoms with van der Waals surface area (Å²) in [7, 11) is 0. The lowest BCUT2D eigenvalue weighted by Crippen LogP contribution is -2.23. The van der Waals surface area contributed by atoms with Crippen molar-refractivity contribution in [2.75, 3.05) is 4.90 Å². The van der Waals surface area contributed by atoms with Crippen molar-refractivity contribution in [3.8, 4) is 5.75 Å². The normalized spacial score (nSPS) is 14.0. The van der Waals surface area contributed by atoms with Gasteiger partial charge in [-0.25, -0.2) is 4.98 Å². The van der Waals surface area contributed by atoms with Crippen LogP contribution >= 0.6 is 11.6 Å². The van der Waals surface area contributed by atoms with Crippen LogP contribution in [0.15, 0.2) is 48.5 Å². The quantitative estimate of drug-likeness (QED) is 0.634. The van der Waals surface area contributed by atoms with Gasteiger partial charge in [-0.3, -0.25) is 9.69 Å². The third kappa shape index (κ3) is 2.94. The van der Waals surface area contributed by atoms with Crippen molar-refractivity contribution in [3.63, 3.8) is 0 Å². The van der Waals surface area contributed by atoms with Crippen molar-refractivity contribution in [1.29, 1.82) is 0 Å². The summed E-state index contributed by atoms with van der Waals surface area (Å²) in [4.78, 5) is 18.4. The zero-order valence-electron chi connectivity index (χ0n) is 13.0. The van der Waals surface area contributed by atoms with E-state index >= 15 is 0 Å². The van der Waals surface area contributed by atoms with Gasteiger partial charge in [-0.2, -0.15) is 0 Å². The summed E-state index contributed by atoms with van der Waals surface area (Å²) in [6.07, 6.45) is -4.78. The third-order valence-electron chi connectivity index (χ3n) is 4.05. The highest BCUT2D eigenvalue weighted by Gasteiger charge is 2.34. The predicted octanol–water partition coefficient (Wildman–Crippen LogP) is 4.95. The maximum Gasteiger partial charge on any atom is 0.573 e. The van der Waals surface area contributed by atoms with Gasteiger partial charge >= 0.3 is 6.36 Å². The molecule has 1 amide bonds. The van der Waals surface area contributed by atoms with Crippen molar-refractivity contribution in [3.05, 3.63) is 64.7 Å². The van der Waals surface area contributed by atoms with Gasteiger partial charge < -0.3 is 4.74 Å². The topological polar surface area (TPSA) is 42.4 Å². The number of carbonyl (C=O) groups is 1. The van der Waals surface area contributed by atoms with E-state index in [-0.39, 0.29) is 18.2 Å². The molecule has 0 aliphatic carbocycles. The molecule has 4 nitrogen and oxygen atoms in total. The number of halogens is 4. The molecule has 0 atom stereocenters. The number of pyridine rings is 1. The number of hydrogen-bond acceptors (Lipinski definition) is 3. The van der Waals surface area contributed by atoms with E-state index in [1.807, 2.05) is 6.07 Å². The van der Waals surface area contributed by atoms with Gasteiger partial charge in [0.25, 0.3) is 5.91 Å². The SMILES string of the molecule is O=C1c2ccc(OC(F)(F)F)cc2CN1c1ccc2cccc(Cl)c2n1. The highest BCUT2D eigenvalue weighted by Crippen LogP contribution is 2.33. The molecule has 0 spiro atoms. The lowest BCUT2D eigenvalue weighted by atomic mass is 10.1. The van der Waals surface area contributed by atoms with Crippen molar-refractivity contribution in [1.82, 2.24) is 4.98 Å². The van der Waals surface area contributed by atoms with Gasteiger partial charge in [0.2, 0.25) is 0 Å². The second kappa shape index (κ2) is 5.88. The van der Waals surface area contributed by atoms with E-state index in [4.69, 9.17) is 11.6 Å². The Balaban J connectivity index is 1.69. The molecule has 0 unspecified atom stereocenters. The Hall–Kier alpha value is -2.80. The molecule has 4 rings (SSSR count). The van der Waals surface area contributed by atoms with Crippen molar-refractivity contribution in [2.45, 2.75) is 12.9 Å². The fourth-order valence-electron chi connectivity index (χ4n) is 2.93. The van der Waals surface area contributed by atoms with Crippen LogP contribution < -0.4 is 9.64 Å². The molecule has 26 heavy (non-hydrogen) atoms. The number of hydrogen-bond donors (Lipinski definition) is 0. The van der Waals surface area contributed by atoms with E-state index in [1.54, 1.807) is 24.3 Å². The van der Waals surface area contributed by atoms with E-state index in [1.165, 1.54) is 17.0 Å².